The van der Waals surface area contributed by atoms with E-state index in [9.17, 15) is 0 Å². The predicted molar refractivity (Wildman–Crippen MR) is 82.0 cm³/mol. The van der Waals surface area contributed by atoms with Crippen molar-refractivity contribution < 1.29 is 0 Å². The summed E-state index contributed by atoms with van der Waals surface area (Å²) in [5, 5.41) is 2.85. The summed E-state index contributed by atoms with van der Waals surface area (Å²) in [7, 11) is 0. The van der Waals surface area contributed by atoms with Crippen molar-refractivity contribution in [3.8, 4) is 0 Å². The Morgan fingerprint density at radius 2 is 2.00 bits per heavy atom. The van der Waals surface area contributed by atoms with Crippen LogP contribution in [-0.2, 0) is 12.8 Å². The lowest BCUT2D eigenvalue weighted by Crippen LogP contribution is -2.38. The van der Waals surface area contributed by atoms with Crippen molar-refractivity contribution in [3.63, 3.8) is 0 Å². The van der Waals surface area contributed by atoms with Crippen molar-refractivity contribution >= 4 is 38.9 Å². The number of halogens is 2. The number of thiophene rings is 1. The summed E-state index contributed by atoms with van der Waals surface area (Å²) in [4.78, 5) is 1.32. The van der Waals surface area contributed by atoms with Crippen LogP contribution in [0.3, 0.4) is 0 Å². The van der Waals surface area contributed by atoms with Gasteiger partial charge in [-0.15, -0.1) is 11.3 Å². The van der Waals surface area contributed by atoms with Crippen molar-refractivity contribution in [1.82, 2.24) is 5.43 Å². The molecule has 0 bridgehead atoms. The minimum absolute atomic E-state index is 0.233. The molecule has 1 aromatic heterocycles. The fourth-order valence-corrected chi connectivity index (χ4v) is 3.46. The summed E-state index contributed by atoms with van der Waals surface area (Å²) < 4.78 is 1.13. The van der Waals surface area contributed by atoms with E-state index in [-0.39, 0.29) is 6.04 Å². The van der Waals surface area contributed by atoms with Gasteiger partial charge in [-0.05, 0) is 52.5 Å². The molecule has 1 atom stereocenters. The zero-order valence-electron chi connectivity index (χ0n) is 9.70. The Bertz CT molecular complexity index is 498. The minimum atomic E-state index is 0.233. The molecule has 0 aliphatic heterocycles. The van der Waals surface area contributed by atoms with Crippen LogP contribution in [0.5, 0.6) is 0 Å². The molecule has 2 aromatic rings. The van der Waals surface area contributed by atoms with Crippen LogP contribution in [0.4, 0.5) is 0 Å². The van der Waals surface area contributed by atoms with E-state index in [0.717, 1.165) is 22.3 Å². The first-order valence-corrected chi connectivity index (χ1v) is 7.66. The maximum atomic E-state index is 5.87. The average Bonchev–Trinajstić information content (AvgIpc) is 2.77. The van der Waals surface area contributed by atoms with Crippen LogP contribution in [0.25, 0.3) is 0 Å². The molecule has 0 saturated heterocycles. The van der Waals surface area contributed by atoms with Crippen LogP contribution < -0.4 is 11.3 Å². The third-order valence-corrected chi connectivity index (χ3v) is 4.67. The molecule has 0 saturated carbocycles. The Labute approximate surface area is 124 Å². The van der Waals surface area contributed by atoms with Gasteiger partial charge in [-0.1, -0.05) is 23.7 Å². The Morgan fingerprint density at radius 3 is 2.56 bits per heavy atom. The molecule has 2 rings (SSSR count). The van der Waals surface area contributed by atoms with E-state index in [4.69, 9.17) is 17.4 Å². The zero-order valence-corrected chi connectivity index (χ0v) is 12.9. The SMILES string of the molecule is NNC(Cc1ccc(Cl)cc1)Cc1cc(Br)cs1. The monoisotopic (exact) mass is 344 g/mol. The van der Waals surface area contributed by atoms with Crippen molar-refractivity contribution in [1.29, 1.82) is 0 Å². The summed E-state index contributed by atoms with van der Waals surface area (Å²) in [6.07, 6.45) is 1.82. The highest BCUT2D eigenvalue weighted by atomic mass is 79.9. The predicted octanol–water partition coefficient (Wildman–Crippen LogP) is 3.78. The quantitative estimate of drug-likeness (QED) is 0.639. The second-order valence-electron chi connectivity index (χ2n) is 4.13. The molecule has 0 spiro atoms. The van der Waals surface area contributed by atoms with Gasteiger partial charge in [0.15, 0.2) is 0 Å². The standard InChI is InChI=1S/C13H14BrClN2S/c14-10-6-13(18-8-10)7-12(17-16)5-9-1-3-11(15)4-2-9/h1-4,6,8,12,17H,5,7,16H2. The van der Waals surface area contributed by atoms with E-state index >= 15 is 0 Å². The minimum Gasteiger partial charge on any atom is -0.271 e. The zero-order chi connectivity index (χ0) is 13.0. The molecule has 0 fully saturated rings. The maximum Gasteiger partial charge on any atom is 0.0406 e. The number of rotatable bonds is 5. The smallest absolute Gasteiger partial charge is 0.0406 e. The van der Waals surface area contributed by atoms with Crippen LogP contribution in [-0.4, -0.2) is 6.04 Å². The summed E-state index contributed by atoms with van der Waals surface area (Å²) >= 11 is 11.1. The molecule has 1 aromatic carbocycles. The summed E-state index contributed by atoms with van der Waals surface area (Å²) in [6.45, 7) is 0. The van der Waals surface area contributed by atoms with Gasteiger partial charge in [0, 0.05) is 25.8 Å². The Kier molecular flexibility index (Phi) is 5.21. The number of hydrogen-bond donors (Lipinski definition) is 2. The van der Waals surface area contributed by atoms with Crippen LogP contribution in [0.15, 0.2) is 40.2 Å². The molecule has 1 unspecified atom stereocenters. The fraction of sp³-hybridized carbons (Fsp3) is 0.231. The lowest BCUT2D eigenvalue weighted by Gasteiger charge is -2.15. The average molecular weight is 346 g/mol. The first kappa shape index (κ1) is 14.0. The highest BCUT2D eigenvalue weighted by molar-refractivity contribution is 9.10. The van der Waals surface area contributed by atoms with Gasteiger partial charge in [0.2, 0.25) is 0 Å². The number of nitrogens with one attached hydrogen (secondary N) is 1. The van der Waals surface area contributed by atoms with E-state index in [0.29, 0.717) is 0 Å². The van der Waals surface area contributed by atoms with Gasteiger partial charge in [-0.25, -0.2) is 0 Å². The number of hydrogen-bond acceptors (Lipinski definition) is 3. The fourth-order valence-electron chi connectivity index (χ4n) is 1.80. The van der Waals surface area contributed by atoms with Crippen LogP contribution in [0, 0.1) is 0 Å². The van der Waals surface area contributed by atoms with Crippen molar-refractivity contribution in [2.75, 3.05) is 0 Å². The van der Waals surface area contributed by atoms with Crippen molar-refractivity contribution in [2.24, 2.45) is 5.84 Å². The van der Waals surface area contributed by atoms with E-state index in [1.165, 1.54) is 10.4 Å². The molecule has 3 N–H and O–H groups in total. The largest absolute Gasteiger partial charge is 0.271 e. The van der Waals surface area contributed by atoms with Crippen molar-refractivity contribution in [2.45, 2.75) is 18.9 Å². The molecule has 2 nitrogen and oxygen atoms in total. The molecule has 0 aliphatic carbocycles. The Hall–Kier alpha value is -0.390. The third kappa shape index (κ3) is 4.07. The van der Waals surface area contributed by atoms with E-state index < -0.39 is 0 Å². The highest BCUT2D eigenvalue weighted by Gasteiger charge is 2.10. The Morgan fingerprint density at radius 1 is 1.28 bits per heavy atom. The van der Waals surface area contributed by atoms with Gasteiger partial charge >= 0.3 is 0 Å². The topological polar surface area (TPSA) is 38.0 Å². The van der Waals surface area contributed by atoms with Crippen LogP contribution >= 0.6 is 38.9 Å². The second-order valence-corrected chi connectivity index (χ2v) is 6.48. The van der Waals surface area contributed by atoms with Crippen molar-refractivity contribution in [3.05, 3.63) is 55.6 Å². The molecular formula is C13H14BrClN2S. The third-order valence-electron chi connectivity index (χ3n) is 2.70. The lowest BCUT2D eigenvalue weighted by molar-refractivity contribution is 0.525. The van der Waals surface area contributed by atoms with Gasteiger partial charge in [0.1, 0.15) is 0 Å². The Balaban J connectivity index is 1.99. The number of benzene rings is 1. The van der Waals surface area contributed by atoms with Gasteiger partial charge in [0.25, 0.3) is 0 Å². The summed E-state index contributed by atoms with van der Waals surface area (Å²) in [6, 6.07) is 10.3. The van der Waals surface area contributed by atoms with Crippen LogP contribution in [0.1, 0.15) is 10.4 Å². The normalized spacial score (nSPS) is 12.6. The van der Waals surface area contributed by atoms with Crippen LogP contribution in [0.2, 0.25) is 5.02 Å². The number of hydrazine groups is 1. The van der Waals surface area contributed by atoms with E-state index in [1.54, 1.807) is 11.3 Å². The lowest BCUT2D eigenvalue weighted by atomic mass is 10.0. The molecule has 0 amide bonds. The molecule has 1 heterocycles. The summed E-state index contributed by atoms with van der Waals surface area (Å²) in [5.41, 5.74) is 4.12. The summed E-state index contributed by atoms with van der Waals surface area (Å²) in [5.74, 6) is 5.62. The van der Waals surface area contributed by atoms with E-state index in [1.807, 2.05) is 24.3 Å². The highest BCUT2D eigenvalue weighted by Crippen LogP contribution is 2.21. The molecule has 18 heavy (non-hydrogen) atoms. The molecule has 5 heteroatoms. The first-order valence-electron chi connectivity index (χ1n) is 5.61. The molecule has 96 valence electrons. The van der Waals surface area contributed by atoms with Gasteiger partial charge in [0.05, 0.1) is 0 Å². The first-order chi connectivity index (χ1) is 8.67. The van der Waals surface area contributed by atoms with Gasteiger partial charge < -0.3 is 0 Å². The molecule has 0 radical (unpaired) electrons. The van der Waals surface area contributed by atoms with Gasteiger partial charge in [-0.2, -0.15) is 0 Å². The molecule has 0 aliphatic rings. The molecular weight excluding hydrogens is 332 g/mol. The number of nitrogens with two attached hydrogens (primary N) is 1. The second kappa shape index (κ2) is 6.68. The van der Waals surface area contributed by atoms with E-state index in [2.05, 4.69) is 32.8 Å². The van der Waals surface area contributed by atoms with Gasteiger partial charge in [-0.3, -0.25) is 11.3 Å². The maximum absolute atomic E-state index is 5.87.